The molecular formula is C16H23NO. The van der Waals surface area contributed by atoms with Crippen LogP contribution < -0.4 is 0 Å². The van der Waals surface area contributed by atoms with Crippen LogP contribution in [0.2, 0.25) is 0 Å². The second-order valence-electron chi connectivity index (χ2n) is 5.33. The normalized spacial score (nSPS) is 16.4. The van der Waals surface area contributed by atoms with Crippen molar-refractivity contribution in [1.29, 1.82) is 0 Å². The number of hydrogen-bond acceptors (Lipinski definition) is 2. The molecule has 0 spiro atoms. The minimum atomic E-state index is 0.243. The molecule has 2 rings (SSSR count). The van der Waals surface area contributed by atoms with Crippen LogP contribution >= 0.6 is 0 Å². The number of hydrogen-bond donors (Lipinski definition) is 0. The number of benzene rings is 1. The fourth-order valence-electron chi connectivity index (χ4n) is 2.72. The third-order valence-electron chi connectivity index (χ3n) is 4.03. The van der Waals surface area contributed by atoms with Gasteiger partial charge in [-0.2, -0.15) is 0 Å². The van der Waals surface area contributed by atoms with E-state index >= 15 is 0 Å². The maximum absolute atomic E-state index is 12.2. The predicted molar refractivity (Wildman–Crippen MR) is 75.0 cm³/mol. The maximum Gasteiger partial charge on any atom is 0.176 e. The van der Waals surface area contributed by atoms with E-state index in [1.807, 2.05) is 12.1 Å². The van der Waals surface area contributed by atoms with Crippen LogP contribution in [0.25, 0.3) is 0 Å². The van der Waals surface area contributed by atoms with Gasteiger partial charge in [-0.25, -0.2) is 0 Å². The molecule has 0 N–H and O–H groups in total. The molecule has 98 valence electrons. The summed E-state index contributed by atoms with van der Waals surface area (Å²) >= 11 is 0. The van der Waals surface area contributed by atoms with E-state index in [2.05, 4.69) is 31.0 Å². The van der Waals surface area contributed by atoms with Crippen LogP contribution in [-0.2, 0) is 6.42 Å². The summed E-state index contributed by atoms with van der Waals surface area (Å²) in [7, 11) is 2.08. The topological polar surface area (TPSA) is 20.3 Å². The van der Waals surface area contributed by atoms with Crippen LogP contribution in [0.3, 0.4) is 0 Å². The largest absolute Gasteiger partial charge is 0.296 e. The van der Waals surface area contributed by atoms with Crippen molar-refractivity contribution in [2.24, 2.45) is 0 Å². The van der Waals surface area contributed by atoms with E-state index in [1.54, 1.807) is 0 Å². The number of Topliss-reactive ketones (excluding diaryl/α,β-unsaturated/α-hetero) is 1. The molecule has 18 heavy (non-hydrogen) atoms. The quantitative estimate of drug-likeness (QED) is 0.742. The highest BCUT2D eigenvalue weighted by molar-refractivity contribution is 5.97. The average Bonchev–Trinajstić information content (AvgIpc) is 2.92. The first-order valence-corrected chi connectivity index (χ1v) is 7.03. The van der Waals surface area contributed by atoms with Gasteiger partial charge in [0.15, 0.2) is 5.78 Å². The number of aryl methyl sites for hydroxylation is 1. The summed E-state index contributed by atoms with van der Waals surface area (Å²) in [5, 5.41) is 0. The van der Waals surface area contributed by atoms with Crippen molar-refractivity contribution >= 4 is 5.78 Å². The Kier molecular flexibility index (Phi) is 4.54. The molecule has 2 nitrogen and oxygen atoms in total. The summed E-state index contributed by atoms with van der Waals surface area (Å²) in [5.74, 6) is 0.243. The molecule has 0 unspecified atom stereocenters. The number of ketones is 1. The van der Waals surface area contributed by atoms with Crippen LogP contribution in [0.4, 0.5) is 0 Å². The first-order chi connectivity index (χ1) is 8.70. The molecule has 0 heterocycles. The van der Waals surface area contributed by atoms with Gasteiger partial charge >= 0.3 is 0 Å². The van der Waals surface area contributed by atoms with Crippen molar-refractivity contribution in [2.45, 2.75) is 45.1 Å². The molecule has 0 aliphatic heterocycles. The van der Waals surface area contributed by atoms with Crippen molar-refractivity contribution in [3.63, 3.8) is 0 Å². The number of carbonyl (C=O) groups is 1. The Morgan fingerprint density at radius 1 is 1.22 bits per heavy atom. The zero-order chi connectivity index (χ0) is 13.0. The SMILES string of the molecule is CCc1ccc(C(=O)CN(C)C2CCCC2)cc1. The van der Waals surface area contributed by atoms with E-state index in [0.717, 1.165) is 12.0 Å². The molecule has 0 bridgehead atoms. The van der Waals surface area contributed by atoms with Crippen LogP contribution in [0, 0.1) is 0 Å². The Balaban J connectivity index is 1.93. The summed E-state index contributed by atoms with van der Waals surface area (Å²) in [6.07, 6.45) is 6.15. The highest BCUT2D eigenvalue weighted by Gasteiger charge is 2.21. The predicted octanol–water partition coefficient (Wildman–Crippen LogP) is 3.31. The van der Waals surface area contributed by atoms with Gasteiger partial charge in [0.2, 0.25) is 0 Å². The van der Waals surface area contributed by atoms with Gasteiger partial charge in [0.1, 0.15) is 0 Å². The molecule has 0 saturated heterocycles. The molecule has 0 radical (unpaired) electrons. The Morgan fingerprint density at radius 2 is 1.83 bits per heavy atom. The Bertz CT molecular complexity index is 390. The summed E-state index contributed by atoms with van der Waals surface area (Å²) in [6.45, 7) is 2.68. The zero-order valence-corrected chi connectivity index (χ0v) is 11.5. The van der Waals surface area contributed by atoms with Gasteiger partial charge in [-0.15, -0.1) is 0 Å². The second kappa shape index (κ2) is 6.14. The minimum Gasteiger partial charge on any atom is -0.296 e. The third kappa shape index (κ3) is 3.20. The zero-order valence-electron chi connectivity index (χ0n) is 11.5. The molecule has 1 aromatic rings. The highest BCUT2D eigenvalue weighted by atomic mass is 16.1. The van der Waals surface area contributed by atoms with Crippen molar-refractivity contribution in [1.82, 2.24) is 4.90 Å². The van der Waals surface area contributed by atoms with Gasteiger partial charge in [0.25, 0.3) is 0 Å². The number of rotatable bonds is 5. The molecule has 0 atom stereocenters. The van der Waals surface area contributed by atoms with Crippen LogP contribution in [0.1, 0.15) is 48.5 Å². The molecule has 1 aliphatic carbocycles. The Labute approximate surface area is 110 Å². The van der Waals surface area contributed by atoms with E-state index in [-0.39, 0.29) is 5.78 Å². The summed E-state index contributed by atoms with van der Waals surface area (Å²) in [5.41, 5.74) is 2.13. The van der Waals surface area contributed by atoms with Crippen molar-refractivity contribution in [2.75, 3.05) is 13.6 Å². The van der Waals surface area contributed by atoms with Crippen molar-refractivity contribution in [3.8, 4) is 0 Å². The van der Waals surface area contributed by atoms with Crippen LogP contribution in [-0.4, -0.2) is 30.3 Å². The van der Waals surface area contributed by atoms with E-state index in [0.29, 0.717) is 12.6 Å². The number of likely N-dealkylation sites (N-methyl/N-ethyl adjacent to an activating group) is 1. The summed E-state index contributed by atoms with van der Waals surface area (Å²) in [4.78, 5) is 14.4. The maximum atomic E-state index is 12.2. The van der Waals surface area contributed by atoms with Crippen LogP contribution in [0.15, 0.2) is 24.3 Å². The molecule has 0 amide bonds. The van der Waals surface area contributed by atoms with Gasteiger partial charge in [-0.1, -0.05) is 44.0 Å². The lowest BCUT2D eigenvalue weighted by Crippen LogP contribution is -2.34. The molecule has 2 heteroatoms. The molecule has 1 aliphatic rings. The lowest BCUT2D eigenvalue weighted by molar-refractivity contribution is 0.0921. The third-order valence-corrected chi connectivity index (χ3v) is 4.03. The standard InChI is InChI=1S/C16H23NO/c1-3-13-8-10-14(11-9-13)16(18)12-17(2)15-6-4-5-7-15/h8-11,15H,3-7,12H2,1-2H3. The van der Waals surface area contributed by atoms with E-state index in [1.165, 1.54) is 31.2 Å². The van der Waals surface area contributed by atoms with Crippen molar-refractivity contribution in [3.05, 3.63) is 35.4 Å². The lowest BCUT2D eigenvalue weighted by atomic mass is 10.1. The van der Waals surface area contributed by atoms with Gasteiger partial charge in [-0.05, 0) is 31.9 Å². The first kappa shape index (κ1) is 13.3. The minimum absolute atomic E-state index is 0.243. The Hall–Kier alpha value is -1.15. The molecule has 1 saturated carbocycles. The molecular weight excluding hydrogens is 222 g/mol. The highest BCUT2D eigenvalue weighted by Crippen LogP contribution is 2.22. The first-order valence-electron chi connectivity index (χ1n) is 7.03. The molecule has 1 aromatic carbocycles. The van der Waals surface area contributed by atoms with Gasteiger partial charge in [0, 0.05) is 11.6 Å². The van der Waals surface area contributed by atoms with E-state index in [4.69, 9.17) is 0 Å². The monoisotopic (exact) mass is 245 g/mol. The fraction of sp³-hybridized carbons (Fsp3) is 0.562. The molecule has 1 fully saturated rings. The summed E-state index contributed by atoms with van der Waals surface area (Å²) < 4.78 is 0. The van der Waals surface area contributed by atoms with E-state index in [9.17, 15) is 4.79 Å². The van der Waals surface area contributed by atoms with Gasteiger partial charge in [0.05, 0.1) is 6.54 Å². The lowest BCUT2D eigenvalue weighted by Gasteiger charge is -2.23. The number of carbonyl (C=O) groups excluding carboxylic acids is 1. The fourth-order valence-corrected chi connectivity index (χ4v) is 2.72. The second-order valence-corrected chi connectivity index (χ2v) is 5.33. The van der Waals surface area contributed by atoms with Crippen molar-refractivity contribution < 1.29 is 4.79 Å². The van der Waals surface area contributed by atoms with Gasteiger partial charge in [-0.3, -0.25) is 9.69 Å². The van der Waals surface area contributed by atoms with Gasteiger partial charge < -0.3 is 0 Å². The summed E-state index contributed by atoms with van der Waals surface area (Å²) in [6, 6.07) is 8.66. The Morgan fingerprint density at radius 3 is 2.39 bits per heavy atom. The smallest absolute Gasteiger partial charge is 0.176 e. The van der Waals surface area contributed by atoms with E-state index < -0.39 is 0 Å². The van der Waals surface area contributed by atoms with Crippen LogP contribution in [0.5, 0.6) is 0 Å². The average molecular weight is 245 g/mol. The molecule has 0 aromatic heterocycles. The number of nitrogens with zero attached hydrogens (tertiary/aromatic N) is 1.